The Morgan fingerprint density at radius 2 is 2.08 bits per heavy atom. The maximum atomic E-state index is 12.8. The molecule has 1 N–H and O–H groups in total. The van der Waals surface area contributed by atoms with Crippen molar-refractivity contribution in [3.05, 3.63) is 52.6 Å². The van der Waals surface area contributed by atoms with Crippen LogP contribution in [0.25, 0.3) is 0 Å². The number of hydrogen-bond acceptors (Lipinski definition) is 4. The highest BCUT2D eigenvalue weighted by molar-refractivity contribution is 5.98. The quantitative estimate of drug-likeness (QED) is 0.938. The van der Waals surface area contributed by atoms with Gasteiger partial charge in [-0.3, -0.25) is 9.59 Å². The SMILES string of the molecule is CC[C@H](C)[C@H]1C(=O)Nc2ccccc2CN1c1cc(=O)n(C)cn1. The Bertz CT molecular complexity index is 815. The molecule has 0 fully saturated rings. The molecule has 1 aliphatic heterocycles. The van der Waals surface area contributed by atoms with Crippen molar-refractivity contribution in [2.75, 3.05) is 10.2 Å². The summed E-state index contributed by atoms with van der Waals surface area (Å²) in [6.07, 6.45) is 2.36. The lowest BCUT2D eigenvalue weighted by atomic mass is 9.96. The van der Waals surface area contributed by atoms with Crippen LogP contribution in [0.15, 0.2) is 41.5 Å². The van der Waals surface area contributed by atoms with Crippen molar-refractivity contribution in [1.29, 1.82) is 0 Å². The second-order valence-corrected chi connectivity index (χ2v) is 6.30. The Labute approximate surface area is 141 Å². The third-order valence-corrected chi connectivity index (χ3v) is 4.66. The summed E-state index contributed by atoms with van der Waals surface area (Å²) in [5.74, 6) is 0.609. The lowest BCUT2D eigenvalue weighted by molar-refractivity contribution is -0.118. The fourth-order valence-electron chi connectivity index (χ4n) is 3.03. The van der Waals surface area contributed by atoms with Gasteiger partial charge in [-0.05, 0) is 17.5 Å². The molecule has 126 valence electrons. The van der Waals surface area contributed by atoms with E-state index in [9.17, 15) is 9.59 Å². The first-order chi connectivity index (χ1) is 11.5. The van der Waals surface area contributed by atoms with Crippen molar-refractivity contribution in [2.24, 2.45) is 13.0 Å². The summed E-state index contributed by atoms with van der Waals surface area (Å²) in [7, 11) is 1.66. The maximum absolute atomic E-state index is 12.8. The summed E-state index contributed by atoms with van der Waals surface area (Å²) in [6.45, 7) is 4.64. The highest BCUT2D eigenvalue weighted by Crippen LogP contribution is 2.29. The molecule has 0 bridgehead atoms. The molecule has 2 atom stereocenters. The molecule has 1 aliphatic rings. The van der Waals surface area contributed by atoms with Gasteiger partial charge in [0.15, 0.2) is 0 Å². The number of aromatic nitrogens is 2. The highest BCUT2D eigenvalue weighted by atomic mass is 16.2. The molecule has 1 aromatic carbocycles. The Morgan fingerprint density at radius 3 is 2.79 bits per heavy atom. The predicted octanol–water partition coefficient (Wildman–Crippen LogP) is 2.15. The van der Waals surface area contributed by atoms with Gasteiger partial charge >= 0.3 is 0 Å². The zero-order chi connectivity index (χ0) is 17.3. The summed E-state index contributed by atoms with van der Waals surface area (Å²) in [6, 6.07) is 8.87. The molecule has 1 aromatic heterocycles. The molecule has 6 heteroatoms. The van der Waals surface area contributed by atoms with Crippen LogP contribution in [0.2, 0.25) is 0 Å². The van der Waals surface area contributed by atoms with Gasteiger partial charge in [0.25, 0.3) is 5.56 Å². The number of para-hydroxylation sites is 1. The Hall–Kier alpha value is -2.63. The second kappa shape index (κ2) is 6.47. The second-order valence-electron chi connectivity index (χ2n) is 6.30. The third kappa shape index (κ3) is 2.91. The zero-order valence-electron chi connectivity index (χ0n) is 14.2. The van der Waals surface area contributed by atoms with E-state index < -0.39 is 0 Å². The van der Waals surface area contributed by atoms with Gasteiger partial charge in [0.05, 0.1) is 6.33 Å². The molecule has 0 saturated carbocycles. The summed E-state index contributed by atoms with van der Waals surface area (Å²) in [5, 5.41) is 3.02. The van der Waals surface area contributed by atoms with Crippen molar-refractivity contribution in [1.82, 2.24) is 9.55 Å². The molecule has 24 heavy (non-hydrogen) atoms. The number of amides is 1. The van der Waals surface area contributed by atoms with E-state index in [0.29, 0.717) is 12.4 Å². The minimum Gasteiger partial charge on any atom is -0.340 e. The minimum absolute atomic E-state index is 0.0585. The molecule has 0 aliphatic carbocycles. The Kier molecular flexibility index (Phi) is 4.38. The lowest BCUT2D eigenvalue weighted by Crippen LogP contribution is -2.47. The zero-order valence-corrected chi connectivity index (χ0v) is 14.2. The number of carbonyl (C=O) groups excluding carboxylic acids is 1. The first kappa shape index (κ1) is 16.2. The van der Waals surface area contributed by atoms with Crippen LogP contribution in [-0.2, 0) is 18.4 Å². The van der Waals surface area contributed by atoms with Gasteiger partial charge in [-0.1, -0.05) is 38.5 Å². The molecule has 3 rings (SSSR count). The van der Waals surface area contributed by atoms with Gasteiger partial charge in [-0.25, -0.2) is 4.98 Å². The lowest BCUT2D eigenvalue weighted by Gasteiger charge is -2.33. The van der Waals surface area contributed by atoms with Crippen LogP contribution >= 0.6 is 0 Å². The molecule has 2 aromatic rings. The fourth-order valence-corrected chi connectivity index (χ4v) is 3.03. The molecular weight excluding hydrogens is 304 g/mol. The van der Waals surface area contributed by atoms with Gasteiger partial charge in [-0.15, -0.1) is 0 Å². The molecule has 2 heterocycles. The van der Waals surface area contributed by atoms with E-state index in [1.165, 1.54) is 17.0 Å². The standard InChI is InChI=1S/C18H22N4O2/c1-4-12(2)17-18(24)20-14-8-6-5-7-13(14)10-22(17)15-9-16(23)21(3)11-19-15/h5-9,11-12,17H,4,10H2,1-3H3,(H,20,24)/t12-,17-/m0/s1. The Balaban J connectivity index is 2.11. The molecular formula is C18H22N4O2. The fraction of sp³-hybridized carbons (Fsp3) is 0.389. The van der Waals surface area contributed by atoms with E-state index in [1.807, 2.05) is 36.1 Å². The number of carbonyl (C=O) groups is 1. The first-order valence-corrected chi connectivity index (χ1v) is 8.19. The number of aryl methyl sites for hydroxylation is 1. The summed E-state index contributed by atoms with van der Waals surface area (Å²) in [5.41, 5.74) is 1.70. The normalized spacial score (nSPS) is 18.5. The van der Waals surface area contributed by atoms with Crippen LogP contribution in [0, 0.1) is 5.92 Å². The topological polar surface area (TPSA) is 67.2 Å². The van der Waals surface area contributed by atoms with Crippen LogP contribution in [0.3, 0.4) is 0 Å². The molecule has 0 radical (unpaired) electrons. The van der Waals surface area contributed by atoms with Crippen molar-refractivity contribution < 1.29 is 4.79 Å². The van der Waals surface area contributed by atoms with Gasteiger partial charge in [0.2, 0.25) is 5.91 Å². The number of rotatable bonds is 3. The van der Waals surface area contributed by atoms with Crippen LogP contribution in [0.4, 0.5) is 11.5 Å². The van der Waals surface area contributed by atoms with E-state index >= 15 is 0 Å². The van der Waals surface area contributed by atoms with E-state index in [1.54, 1.807) is 7.05 Å². The monoisotopic (exact) mass is 326 g/mol. The summed E-state index contributed by atoms with van der Waals surface area (Å²) in [4.78, 5) is 31.2. The number of benzene rings is 1. The third-order valence-electron chi connectivity index (χ3n) is 4.66. The van der Waals surface area contributed by atoms with Crippen molar-refractivity contribution in [2.45, 2.75) is 32.9 Å². The van der Waals surface area contributed by atoms with Crippen LogP contribution < -0.4 is 15.8 Å². The summed E-state index contributed by atoms with van der Waals surface area (Å²) < 4.78 is 1.42. The smallest absolute Gasteiger partial charge is 0.255 e. The van der Waals surface area contributed by atoms with Crippen LogP contribution in [-0.4, -0.2) is 21.5 Å². The molecule has 0 unspecified atom stereocenters. The van der Waals surface area contributed by atoms with Gasteiger partial charge in [0.1, 0.15) is 11.9 Å². The van der Waals surface area contributed by atoms with Crippen LogP contribution in [0.5, 0.6) is 0 Å². The average Bonchev–Trinajstić information content (AvgIpc) is 2.72. The van der Waals surface area contributed by atoms with Gasteiger partial charge < -0.3 is 14.8 Å². The molecule has 6 nitrogen and oxygen atoms in total. The van der Waals surface area contributed by atoms with Gasteiger partial charge in [-0.2, -0.15) is 0 Å². The number of nitrogens with zero attached hydrogens (tertiary/aromatic N) is 3. The van der Waals surface area contributed by atoms with Crippen molar-refractivity contribution in [3.8, 4) is 0 Å². The molecule has 1 amide bonds. The molecule has 0 saturated heterocycles. The Morgan fingerprint density at radius 1 is 1.33 bits per heavy atom. The van der Waals surface area contributed by atoms with E-state index in [4.69, 9.17) is 0 Å². The number of anilines is 2. The van der Waals surface area contributed by atoms with Crippen molar-refractivity contribution >= 4 is 17.4 Å². The minimum atomic E-state index is -0.373. The predicted molar refractivity (Wildman–Crippen MR) is 94.0 cm³/mol. The van der Waals surface area contributed by atoms with Crippen molar-refractivity contribution in [3.63, 3.8) is 0 Å². The highest BCUT2D eigenvalue weighted by Gasteiger charge is 2.34. The first-order valence-electron chi connectivity index (χ1n) is 8.19. The average molecular weight is 326 g/mol. The van der Waals surface area contributed by atoms with Crippen LogP contribution in [0.1, 0.15) is 25.8 Å². The number of nitrogens with one attached hydrogen (secondary N) is 1. The summed E-state index contributed by atoms with van der Waals surface area (Å²) >= 11 is 0. The number of hydrogen-bond donors (Lipinski definition) is 1. The van der Waals surface area contributed by atoms with E-state index in [0.717, 1.165) is 17.7 Å². The van der Waals surface area contributed by atoms with E-state index in [-0.39, 0.29) is 23.4 Å². The maximum Gasteiger partial charge on any atom is 0.255 e. The number of fused-ring (bicyclic) bond motifs is 1. The van der Waals surface area contributed by atoms with Gasteiger partial charge in [0, 0.05) is 25.3 Å². The largest absolute Gasteiger partial charge is 0.340 e. The van der Waals surface area contributed by atoms with E-state index in [2.05, 4.69) is 17.2 Å². The molecule has 0 spiro atoms.